The summed E-state index contributed by atoms with van der Waals surface area (Å²) in [6.07, 6.45) is 0. The quantitative estimate of drug-likeness (QED) is 0.439. The van der Waals surface area contributed by atoms with Crippen molar-refractivity contribution in [3.05, 3.63) is 82.4 Å². The van der Waals surface area contributed by atoms with E-state index in [2.05, 4.69) is 47.4 Å². The van der Waals surface area contributed by atoms with Crippen LogP contribution in [0.5, 0.6) is 0 Å². The van der Waals surface area contributed by atoms with Crippen molar-refractivity contribution in [1.82, 2.24) is 25.1 Å². The molecule has 150 valence electrons. The van der Waals surface area contributed by atoms with Gasteiger partial charge in [0.05, 0.1) is 29.3 Å². The maximum atomic E-state index is 6.69. The Morgan fingerprint density at radius 3 is 2.52 bits per heavy atom. The van der Waals surface area contributed by atoms with Crippen molar-refractivity contribution in [3.8, 4) is 0 Å². The van der Waals surface area contributed by atoms with Gasteiger partial charge in [-0.25, -0.2) is 9.67 Å². The van der Waals surface area contributed by atoms with Crippen molar-refractivity contribution in [3.63, 3.8) is 0 Å². The SMILES string of the molecule is Cc1nn(Cc2ccccc2)c(Cl)c1CN[C@@H](c1nc2ccccc2[nH]1)C(C)C. The molecule has 0 fully saturated rings. The third-order valence-corrected chi connectivity index (χ3v) is 5.65. The predicted molar refractivity (Wildman–Crippen MR) is 118 cm³/mol. The van der Waals surface area contributed by atoms with E-state index in [4.69, 9.17) is 16.6 Å². The Kier molecular flexibility index (Phi) is 5.69. The maximum absolute atomic E-state index is 6.69. The molecule has 2 heterocycles. The van der Waals surface area contributed by atoms with E-state index >= 15 is 0 Å². The highest BCUT2D eigenvalue weighted by Crippen LogP contribution is 2.25. The molecule has 1 atom stereocenters. The Hall–Kier alpha value is -2.63. The number of rotatable bonds is 7. The number of fused-ring (bicyclic) bond motifs is 1. The predicted octanol–water partition coefficient (Wildman–Crippen LogP) is 5.26. The van der Waals surface area contributed by atoms with Crippen molar-refractivity contribution in [2.45, 2.75) is 39.9 Å². The number of nitrogens with zero attached hydrogens (tertiary/aromatic N) is 3. The number of benzene rings is 2. The van der Waals surface area contributed by atoms with Crippen LogP contribution in [0.25, 0.3) is 11.0 Å². The van der Waals surface area contributed by atoms with Crippen LogP contribution in [0.3, 0.4) is 0 Å². The fourth-order valence-electron chi connectivity index (χ4n) is 3.63. The molecule has 6 heteroatoms. The lowest BCUT2D eigenvalue weighted by Gasteiger charge is -2.20. The van der Waals surface area contributed by atoms with Crippen molar-refractivity contribution < 1.29 is 0 Å². The fourth-order valence-corrected chi connectivity index (χ4v) is 3.93. The molecule has 2 aromatic carbocycles. The standard InChI is InChI=1S/C23H26ClN5/c1-15(2)21(23-26-19-11-7-8-12-20(19)27-23)25-13-18-16(3)28-29(22(18)24)14-17-9-5-4-6-10-17/h4-12,15,21,25H,13-14H2,1-3H3,(H,26,27)/t21-/m1/s1. The lowest BCUT2D eigenvalue weighted by molar-refractivity contribution is 0.395. The molecule has 0 aliphatic heterocycles. The van der Waals surface area contributed by atoms with Crippen molar-refractivity contribution in [1.29, 1.82) is 0 Å². The van der Waals surface area contributed by atoms with Crippen molar-refractivity contribution in [2.24, 2.45) is 5.92 Å². The normalized spacial score (nSPS) is 12.7. The van der Waals surface area contributed by atoms with Gasteiger partial charge in [-0.1, -0.05) is 67.9 Å². The van der Waals surface area contributed by atoms with Crippen LogP contribution in [-0.4, -0.2) is 19.7 Å². The summed E-state index contributed by atoms with van der Waals surface area (Å²) in [6, 6.07) is 18.4. The highest BCUT2D eigenvalue weighted by molar-refractivity contribution is 6.30. The zero-order valence-corrected chi connectivity index (χ0v) is 17.7. The first-order chi connectivity index (χ1) is 14.0. The molecule has 2 N–H and O–H groups in total. The van der Waals surface area contributed by atoms with Gasteiger partial charge in [0.15, 0.2) is 0 Å². The zero-order valence-electron chi connectivity index (χ0n) is 17.0. The van der Waals surface area contributed by atoms with Crippen LogP contribution < -0.4 is 5.32 Å². The molecule has 2 aromatic heterocycles. The van der Waals surface area contributed by atoms with Crippen LogP contribution >= 0.6 is 11.6 Å². The van der Waals surface area contributed by atoms with Gasteiger partial charge in [-0.3, -0.25) is 0 Å². The Bertz CT molecular complexity index is 1060. The lowest BCUT2D eigenvalue weighted by Crippen LogP contribution is -2.26. The zero-order chi connectivity index (χ0) is 20.4. The number of nitrogens with one attached hydrogen (secondary N) is 2. The molecule has 4 rings (SSSR count). The van der Waals surface area contributed by atoms with E-state index in [1.54, 1.807) is 0 Å². The summed E-state index contributed by atoms with van der Waals surface area (Å²) in [5.41, 5.74) is 5.20. The Morgan fingerprint density at radius 1 is 1.07 bits per heavy atom. The van der Waals surface area contributed by atoms with Gasteiger partial charge in [-0.05, 0) is 30.5 Å². The third kappa shape index (κ3) is 4.21. The Morgan fingerprint density at radius 2 is 1.79 bits per heavy atom. The van der Waals surface area contributed by atoms with E-state index in [9.17, 15) is 0 Å². The molecular formula is C23H26ClN5. The Labute approximate surface area is 176 Å². The third-order valence-electron chi connectivity index (χ3n) is 5.23. The number of hydrogen-bond donors (Lipinski definition) is 2. The molecule has 0 saturated carbocycles. The minimum Gasteiger partial charge on any atom is -0.341 e. The number of aromatic amines is 1. The van der Waals surface area contributed by atoms with Gasteiger partial charge in [0.25, 0.3) is 0 Å². The summed E-state index contributed by atoms with van der Waals surface area (Å²) in [7, 11) is 0. The van der Waals surface area contributed by atoms with Crippen LogP contribution in [0.4, 0.5) is 0 Å². The maximum Gasteiger partial charge on any atom is 0.132 e. The van der Waals surface area contributed by atoms with E-state index in [0.29, 0.717) is 24.2 Å². The topological polar surface area (TPSA) is 58.5 Å². The van der Waals surface area contributed by atoms with Gasteiger partial charge in [-0.2, -0.15) is 5.10 Å². The lowest BCUT2D eigenvalue weighted by atomic mass is 10.0. The average Bonchev–Trinajstić information content (AvgIpc) is 3.24. The fraction of sp³-hybridized carbons (Fsp3) is 0.304. The molecule has 0 spiro atoms. The first-order valence-electron chi connectivity index (χ1n) is 9.96. The summed E-state index contributed by atoms with van der Waals surface area (Å²) in [5.74, 6) is 1.32. The summed E-state index contributed by atoms with van der Waals surface area (Å²) in [4.78, 5) is 8.23. The van der Waals surface area contributed by atoms with Gasteiger partial charge >= 0.3 is 0 Å². The number of halogens is 1. The van der Waals surface area contributed by atoms with Crippen LogP contribution in [0.2, 0.25) is 5.15 Å². The Balaban J connectivity index is 1.53. The average molecular weight is 408 g/mol. The van der Waals surface area contributed by atoms with Crippen LogP contribution in [0.15, 0.2) is 54.6 Å². The number of aromatic nitrogens is 4. The number of para-hydroxylation sites is 2. The van der Waals surface area contributed by atoms with E-state index in [-0.39, 0.29) is 6.04 Å². The van der Waals surface area contributed by atoms with Gasteiger partial charge < -0.3 is 10.3 Å². The van der Waals surface area contributed by atoms with Crippen LogP contribution in [0, 0.1) is 12.8 Å². The molecule has 0 aliphatic rings. The highest BCUT2D eigenvalue weighted by Gasteiger charge is 2.21. The molecule has 0 saturated heterocycles. The molecule has 0 aliphatic carbocycles. The smallest absolute Gasteiger partial charge is 0.132 e. The monoisotopic (exact) mass is 407 g/mol. The van der Waals surface area contributed by atoms with E-state index in [1.807, 2.05) is 48.0 Å². The first-order valence-corrected chi connectivity index (χ1v) is 10.3. The first kappa shape index (κ1) is 19.7. The summed E-state index contributed by atoms with van der Waals surface area (Å²) < 4.78 is 1.87. The van der Waals surface area contributed by atoms with Crippen LogP contribution in [-0.2, 0) is 13.1 Å². The summed E-state index contributed by atoms with van der Waals surface area (Å²) >= 11 is 6.69. The molecule has 0 unspecified atom stereocenters. The van der Waals surface area contributed by atoms with Crippen LogP contribution in [0.1, 0.15) is 42.5 Å². The number of aryl methyl sites for hydroxylation is 1. The molecular weight excluding hydrogens is 382 g/mol. The highest BCUT2D eigenvalue weighted by atomic mass is 35.5. The second kappa shape index (κ2) is 8.39. The molecule has 29 heavy (non-hydrogen) atoms. The van der Waals surface area contributed by atoms with Gasteiger partial charge in [0.2, 0.25) is 0 Å². The van der Waals surface area contributed by atoms with Crippen molar-refractivity contribution in [2.75, 3.05) is 0 Å². The minimum atomic E-state index is 0.0929. The van der Waals surface area contributed by atoms with Gasteiger partial charge in [0, 0.05) is 12.1 Å². The van der Waals surface area contributed by atoms with E-state index in [1.165, 1.54) is 5.56 Å². The van der Waals surface area contributed by atoms with Crippen molar-refractivity contribution >= 4 is 22.6 Å². The van der Waals surface area contributed by atoms with E-state index in [0.717, 1.165) is 28.1 Å². The second-order valence-corrected chi connectivity index (χ2v) is 8.10. The minimum absolute atomic E-state index is 0.0929. The molecule has 0 radical (unpaired) electrons. The molecule has 4 aromatic rings. The summed E-state index contributed by atoms with van der Waals surface area (Å²) in [5, 5.41) is 8.98. The molecule has 0 amide bonds. The number of H-pyrrole nitrogens is 1. The van der Waals surface area contributed by atoms with Gasteiger partial charge in [0.1, 0.15) is 11.0 Å². The number of hydrogen-bond acceptors (Lipinski definition) is 3. The summed E-state index contributed by atoms with van der Waals surface area (Å²) in [6.45, 7) is 7.70. The second-order valence-electron chi connectivity index (χ2n) is 7.74. The van der Waals surface area contributed by atoms with E-state index < -0.39 is 0 Å². The number of imidazole rings is 1. The van der Waals surface area contributed by atoms with Gasteiger partial charge in [-0.15, -0.1) is 0 Å². The molecule has 5 nitrogen and oxygen atoms in total. The largest absolute Gasteiger partial charge is 0.341 e. The molecule has 0 bridgehead atoms.